The van der Waals surface area contributed by atoms with Crippen molar-refractivity contribution in [3.63, 3.8) is 0 Å². The van der Waals surface area contributed by atoms with E-state index in [4.69, 9.17) is 4.74 Å². The van der Waals surface area contributed by atoms with Crippen molar-refractivity contribution in [1.29, 1.82) is 0 Å². The molecule has 0 saturated carbocycles. The molecule has 2 nitrogen and oxygen atoms in total. The second kappa shape index (κ2) is 9.04. The number of hydrogen-bond acceptors (Lipinski definition) is 2. The van der Waals surface area contributed by atoms with Gasteiger partial charge in [0.1, 0.15) is 0 Å². The van der Waals surface area contributed by atoms with Gasteiger partial charge in [-0.2, -0.15) is 0 Å². The fraction of sp³-hybridized carbons (Fsp3) is 0.105. The van der Waals surface area contributed by atoms with Gasteiger partial charge in [0.2, 0.25) is 0 Å². The first-order chi connectivity index (χ1) is 10.8. The van der Waals surface area contributed by atoms with Gasteiger partial charge in [-0.1, -0.05) is 0 Å². The zero-order valence-corrected chi connectivity index (χ0v) is 14.2. The van der Waals surface area contributed by atoms with Gasteiger partial charge < -0.3 is 0 Å². The molecule has 0 atom stereocenters. The molecule has 2 rings (SSSR count). The van der Waals surface area contributed by atoms with Crippen molar-refractivity contribution >= 4 is 31.5 Å². The van der Waals surface area contributed by atoms with E-state index in [1.165, 1.54) is 10.5 Å². The summed E-state index contributed by atoms with van der Waals surface area (Å²) in [6, 6.07) is 20.4. The van der Waals surface area contributed by atoms with Gasteiger partial charge in [0.05, 0.1) is 0 Å². The molecule has 2 aromatic rings. The Hall–Kier alpha value is -2.09. The zero-order chi connectivity index (χ0) is 15.6. The number of carbonyl (C=O) groups excluding carboxylic acids is 1. The molecule has 0 aliphatic carbocycles. The Bertz CT molecular complexity index is 646. The molecule has 0 spiro atoms. The molecule has 0 radical (unpaired) electrons. The number of hydrogen-bond donors (Lipinski definition) is 0. The molecular formula is C19H18O2Se. The molecule has 0 aliphatic heterocycles. The van der Waals surface area contributed by atoms with E-state index >= 15 is 0 Å². The summed E-state index contributed by atoms with van der Waals surface area (Å²) in [4.78, 5) is 11.5. The fourth-order valence-electron chi connectivity index (χ4n) is 1.79. The molecule has 112 valence electrons. The van der Waals surface area contributed by atoms with Gasteiger partial charge in [-0.3, -0.25) is 0 Å². The van der Waals surface area contributed by atoms with Crippen molar-refractivity contribution in [1.82, 2.24) is 0 Å². The van der Waals surface area contributed by atoms with Crippen LogP contribution in [-0.4, -0.2) is 27.5 Å². The Morgan fingerprint density at radius 3 is 2.27 bits per heavy atom. The molecule has 0 N–H and O–H groups in total. The van der Waals surface area contributed by atoms with E-state index in [9.17, 15) is 4.79 Å². The topological polar surface area (TPSA) is 26.3 Å². The summed E-state index contributed by atoms with van der Waals surface area (Å²) in [5.74, 6) is -0.301. The van der Waals surface area contributed by atoms with Gasteiger partial charge in [-0.25, -0.2) is 0 Å². The number of rotatable bonds is 6. The molecular weight excluding hydrogens is 339 g/mol. The van der Waals surface area contributed by atoms with Crippen LogP contribution in [0.5, 0.6) is 0 Å². The van der Waals surface area contributed by atoms with Crippen LogP contribution < -0.4 is 4.46 Å². The minimum absolute atomic E-state index is 0.139. The third-order valence-electron chi connectivity index (χ3n) is 2.76. The minimum atomic E-state index is -0.301. The maximum absolute atomic E-state index is 11.5. The molecule has 22 heavy (non-hydrogen) atoms. The normalized spacial score (nSPS) is 11.6. The van der Waals surface area contributed by atoms with Crippen LogP contribution in [0, 0.1) is 0 Å². The summed E-state index contributed by atoms with van der Waals surface area (Å²) in [5.41, 5.74) is 1.13. The summed E-state index contributed by atoms with van der Waals surface area (Å²) in [6.07, 6.45) is 5.48. The summed E-state index contributed by atoms with van der Waals surface area (Å²) >= 11 is 0.139. The van der Waals surface area contributed by atoms with Crippen LogP contribution in [0.2, 0.25) is 0 Å². The van der Waals surface area contributed by atoms with E-state index in [0.717, 1.165) is 10.0 Å². The Balaban J connectivity index is 2.20. The first kappa shape index (κ1) is 16.3. The van der Waals surface area contributed by atoms with E-state index in [-0.39, 0.29) is 20.9 Å². The predicted molar refractivity (Wildman–Crippen MR) is 92.0 cm³/mol. The standard InChI is InChI=1S/C19H18O2Se/c1-2-21-19(20)14-13-18(15-16-9-5-3-6-10-16)22-17-11-7-4-8-12-17/h3-15H,2H2,1H3/b14-13+,18-15-. The Morgan fingerprint density at radius 1 is 1.00 bits per heavy atom. The SMILES string of the molecule is CCOC(=O)/C=C/C(=C/c1ccccc1)[Se]c1ccccc1. The third-order valence-corrected chi connectivity index (χ3v) is 4.85. The van der Waals surface area contributed by atoms with Crippen molar-refractivity contribution < 1.29 is 9.53 Å². The quantitative estimate of drug-likeness (QED) is 0.344. The average molecular weight is 357 g/mol. The van der Waals surface area contributed by atoms with Gasteiger partial charge in [0, 0.05) is 0 Å². The summed E-state index contributed by atoms with van der Waals surface area (Å²) in [5, 5.41) is 0. The molecule has 0 fully saturated rings. The fourth-order valence-corrected chi connectivity index (χ4v) is 3.67. The second-order valence-corrected chi connectivity index (χ2v) is 6.86. The van der Waals surface area contributed by atoms with Gasteiger partial charge in [-0.15, -0.1) is 0 Å². The van der Waals surface area contributed by atoms with E-state index < -0.39 is 0 Å². The van der Waals surface area contributed by atoms with Gasteiger partial charge in [-0.05, 0) is 0 Å². The number of allylic oxidation sites excluding steroid dienone is 2. The number of ether oxygens (including phenoxy) is 1. The predicted octanol–water partition coefficient (Wildman–Crippen LogP) is 3.18. The summed E-state index contributed by atoms with van der Waals surface area (Å²) in [7, 11) is 0. The first-order valence-electron chi connectivity index (χ1n) is 7.12. The van der Waals surface area contributed by atoms with Crippen molar-refractivity contribution in [2.45, 2.75) is 6.92 Å². The molecule has 0 saturated heterocycles. The maximum atomic E-state index is 11.5. The number of esters is 1. The molecule has 3 heteroatoms. The van der Waals surface area contributed by atoms with E-state index in [2.05, 4.69) is 30.3 Å². The Morgan fingerprint density at radius 2 is 1.64 bits per heavy atom. The van der Waals surface area contributed by atoms with Crippen LogP contribution in [0.15, 0.2) is 77.3 Å². The van der Waals surface area contributed by atoms with Crippen LogP contribution in [-0.2, 0) is 9.53 Å². The Kier molecular flexibility index (Phi) is 6.69. The molecule has 0 aromatic heterocycles. The second-order valence-electron chi connectivity index (χ2n) is 4.46. The molecule has 2 aromatic carbocycles. The van der Waals surface area contributed by atoms with Crippen LogP contribution >= 0.6 is 0 Å². The molecule has 0 aliphatic rings. The van der Waals surface area contributed by atoms with Gasteiger partial charge >= 0.3 is 137 Å². The van der Waals surface area contributed by atoms with E-state index in [0.29, 0.717) is 6.61 Å². The van der Waals surface area contributed by atoms with Gasteiger partial charge in [0.25, 0.3) is 0 Å². The average Bonchev–Trinajstić information content (AvgIpc) is 2.55. The van der Waals surface area contributed by atoms with Gasteiger partial charge in [0.15, 0.2) is 0 Å². The number of benzene rings is 2. The van der Waals surface area contributed by atoms with E-state index in [1.54, 1.807) is 6.92 Å². The van der Waals surface area contributed by atoms with Crippen LogP contribution in [0.25, 0.3) is 6.08 Å². The first-order valence-corrected chi connectivity index (χ1v) is 8.83. The Labute approximate surface area is 137 Å². The third kappa shape index (κ3) is 5.72. The number of carbonyl (C=O) groups is 1. The zero-order valence-electron chi connectivity index (χ0n) is 12.4. The van der Waals surface area contributed by atoms with Crippen molar-refractivity contribution in [3.05, 3.63) is 82.9 Å². The molecule has 0 unspecified atom stereocenters. The van der Waals surface area contributed by atoms with E-state index in [1.807, 2.05) is 42.5 Å². The molecule has 0 heterocycles. The summed E-state index contributed by atoms with van der Waals surface area (Å²) < 4.78 is 7.34. The molecule has 0 amide bonds. The van der Waals surface area contributed by atoms with Crippen LogP contribution in [0.3, 0.4) is 0 Å². The van der Waals surface area contributed by atoms with Crippen molar-refractivity contribution in [3.8, 4) is 0 Å². The van der Waals surface area contributed by atoms with Crippen LogP contribution in [0.1, 0.15) is 12.5 Å². The van der Waals surface area contributed by atoms with Crippen molar-refractivity contribution in [2.24, 2.45) is 0 Å². The summed E-state index contributed by atoms with van der Waals surface area (Å²) in [6.45, 7) is 2.20. The van der Waals surface area contributed by atoms with Crippen LogP contribution in [0.4, 0.5) is 0 Å². The van der Waals surface area contributed by atoms with Crippen molar-refractivity contribution in [2.75, 3.05) is 6.61 Å². The molecule has 0 bridgehead atoms. The monoisotopic (exact) mass is 358 g/mol.